The molecule has 0 saturated heterocycles. The number of non-ortho nitro benzene ring substituents is 2. The molecule has 142 valence electrons. The molecule has 27 heavy (non-hydrogen) atoms. The summed E-state index contributed by atoms with van der Waals surface area (Å²) in [6.07, 6.45) is 0. The molecule has 0 heterocycles. The Morgan fingerprint density at radius 2 is 1.30 bits per heavy atom. The lowest BCUT2D eigenvalue weighted by Gasteiger charge is -2.02. The molecule has 0 aliphatic rings. The number of rotatable bonds is 4. The van der Waals surface area contributed by atoms with Crippen LogP contribution in [0.5, 0.6) is 0 Å². The number of ether oxygens (including phenoxy) is 1. The quantitative estimate of drug-likeness (QED) is 0.485. The molecular weight excluding hydrogens is 360 g/mol. The van der Waals surface area contributed by atoms with Gasteiger partial charge in [0, 0.05) is 24.3 Å². The molecule has 0 spiro atoms. The predicted molar refractivity (Wildman–Crippen MR) is 94.0 cm³/mol. The minimum atomic E-state index is -1.15. The number of carboxylic acid groups (broad SMARTS) is 1. The SMILES string of the molecule is COC(=O)c1cc([N+](=O)[O-])ccc1C.Cc1ccc([N+](=O)[O-])cc1C(=O)O. The van der Waals surface area contributed by atoms with Crippen molar-refractivity contribution in [3.8, 4) is 0 Å². The summed E-state index contributed by atoms with van der Waals surface area (Å²) in [5.41, 5.74) is 1.04. The summed E-state index contributed by atoms with van der Waals surface area (Å²) >= 11 is 0. The highest BCUT2D eigenvalue weighted by molar-refractivity contribution is 5.91. The molecule has 0 aromatic heterocycles. The molecule has 0 atom stereocenters. The fourth-order valence-corrected chi connectivity index (χ4v) is 2.01. The lowest BCUT2D eigenvalue weighted by Crippen LogP contribution is -2.04. The number of nitro groups is 2. The number of methoxy groups -OCH3 is 1. The average molecular weight is 376 g/mol. The van der Waals surface area contributed by atoms with E-state index in [-0.39, 0.29) is 22.5 Å². The minimum Gasteiger partial charge on any atom is -0.478 e. The van der Waals surface area contributed by atoms with Gasteiger partial charge in [0.2, 0.25) is 0 Å². The molecule has 0 bridgehead atoms. The number of nitro benzene ring substituents is 2. The van der Waals surface area contributed by atoms with Crippen molar-refractivity contribution in [2.75, 3.05) is 7.11 Å². The maximum atomic E-state index is 11.2. The van der Waals surface area contributed by atoms with Crippen LogP contribution in [0.25, 0.3) is 0 Å². The summed E-state index contributed by atoms with van der Waals surface area (Å²) in [5.74, 6) is -1.72. The first-order chi connectivity index (χ1) is 12.6. The third kappa shape index (κ3) is 5.59. The molecule has 2 rings (SSSR count). The molecule has 0 saturated carbocycles. The molecule has 0 aliphatic carbocycles. The van der Waals surface area contributed by atoms with Crippen molar-refractivity contribution in [3.05, 3.63) is 78.9 Å². The molecule has 0 radical (unpaired) electrons. The van der Waals surface area contributed by atoms with Crippen molar-refractivity contribution < 1.29 is 29.3 Å². The molecule has 2 aromatic carbocycles. The van der Waals surface area contributed by atoms with Gasteiger partial charge in [0.25, 0.3) is 11.4 Å². The van der Waals surface area contributed by atoms with Crippen molar-refractivity contribution in [1.82, 2.24) is 0 Å². The van der Waals surface area contributed by atoms with Crippen LogP contribution < -0.4 is 0 Å². The number of esters is 1. The zero-order chi connectivity index (χ0) is 20.7. The predicted octanol–water partition coefficient (Wildman–Crippen LogP) is 3.29. The highest BCUT2D eigenvalue weighted by atomic mass is 16.6. The Morgan fingerprint density at radius 1 is 0.889 bits per heavy atom. The third-order valence-electron chi connectivity index (χ3n) is 3.50. The molecular formula is C17H16N2O8. The number of hydrogen-bond acceptors (Lipinski definition) is 7. The van der Waals surface area contributed by atoms with Gasteiger partial charge in [0.05, 0.1) is 28.1 Å². The van der Waals surface area contributed by atoms with E-state index in [0.29, 0.717) is 11.1 Å². The van der Waals surface area contributed by atoms with Gasteiger partial charge in [0.15, 0.2) is 0 Å². The molecule has 10 heteroatoms. The summed E-state index contributed by atoms with van der Waals surface area (Å²) < 4.78 is 4.49. The third-order valence-corrected chi connectivity index (χ3v) is 3.50. The summed E-state index contributed by atoms with van der Waals surface area (Å²) in [5, 5.41) is 29.4. The standard InChI is InChI=1S/C9H9NO4.C8H7NO4/c1-6-3-4-7(10(12)13)5-8(6)9(11)14-2;1-5-2-3-6(9(12)13)4-7(5)8(10)11/h3-5H,1-2H3;2-4H,1H3,(H,10,11). The van der Waals surface area contributed by atoms with Gasteiger partial charge in [-0.2, -0.15) is 0 Å². The van der Waals surface area contributed by atoms with Crippen LogP contribution in [0.2, 0.25) is 0 Å². The van der Waals surface area contributed by atoms with Crippen LogP contribution in [-0.4, -0.2) is 34.0 Å². The van der Waals surface area contributed by atoms with Crippen LogP contribution in [0.1, 0.15) is 31.8 Å². The number of nitrogens with zero attached hydrogens (tertiary/aromatic N) is 2. The van der Waals surface area contributed by atoms with Gasteiger partial charge in [-0.3, -0.25) is 20.2 Å². The Bertz CT molecular complexity index is 908. The largest absolute Gasteiger partial charge is 0.478 e. The average Bonchev–Trinajstić information content (AvgIpc) is 2.61. The van der Waals surface area contributed by atoms with Crippen molar-refractivity contribution in [2.45, 2.75) is 13.8 Å². The summed E-state index contributed by atoms with van der Waals surface area (Å²) in [6.45, 7) is 3.28. The Labute approximate surface area is 153 Å². The second-order valence-electron chi connectivity index (χ2n) is 5.31. The van der Waals surface area contributed by atoms with E-state index in [4.69, 9.17) is 5.11 Å². The van der Waals surface area contributed by atoms with Crippen LogP contribution >= 0.6 is 0 Å². The maximum Gasteiger partial charge on any atom is 0.338 e. The monoisotopic (exact) mass is 376 g/mol. The van der Waals surface area contributed by atoms with Gasteiger partial charge in [-0.1, -0.05) is 12.1 Å². The Morgan fingerprint density at radius 3 is 1.67 bits per heavy atom. The number of aryl methyl sites for hydroxylation is 2. The number of benzene rings is 2. The number of aromatic carboxylic acids is 1. The van der Waals surface area contributed by atoms with Crippen LogP contribution in [0.3, 0.4) is 0 Å². The van der Waals surface area contributed by atoms with Crippen molar-refractivity contribution in [1.29, 1.82) is 0 Å². The van der Waals surface area contributed by atoms with Gasteiger partial charge in [-0.15, -0.1) is 0 Å². The van der Waals surface area contributed by atoms with Crippen molar-refractivity contribution in [2.24, 2.45) is 0 Å². The van der Waals surface area contributed by atoms with Crippen LogP contribution in [0.4, 0.5) is 11.4 Å². The molecule has 0 unspecified atom stereocenters. The van der Waals surface area contributed by atoms with E-state index in [1.54, 1.807) is 13.8 Å². The number of hydrogen-bond donors (Lipinski definition) is 1. The van der Waals surface area contributed by atoms with Gasteiger partial charge in [0.1, 0.15) is 0 Å². The minimum absolute atomic E-state index is 0.0331. The smallest absolute Gasteiger partial charge is 0.338 e. The molecule has 10 nitrogen and oxygen atoms in total. The summed E-state index contributed by atoms with van der Waals surface area (Å²) in [4.78, 5) is 41.3. The van der Waals surface area contributed by atoms with Crippen molar-refractivity contribution in [3.63, 3.8) is 0 Å². The Hall–Kier alpha value is -3.82. The highest BCUT2D eigenvalue weighted by Gasteiger charge is 2.14. The van der Waals surface area contributed by atoms with E-state index in [1.165, 1.54) is 37.4 Å². The van der Waals surface area contributed by atoms with Crippen LogP contribution in [0.15, 0.2) is 36.4 Å². The molecule has 0 amide bonds. The van der Waals surface area contributed by atoms with E-state index in [1.807, 2.05) is 0 Å². The zero-order valence-corrected chi connectivity index (χ0v) is 14.7. The van der Waals surface area contributed by atoms with Crippen LogP contribution in [0, 0.1) is 34.1 Å². The van der Waals surface area contributed by atoms with E-state index in [0.717, 1.165) is 6.07 Å². The molecule has 0 aliphatic heterocycles. The van der Waals surface area contributed by atoms with Gasteiger partial charge in [-0.05, 0) is 25.0 Å². The van der Waals surface area contributed by atoms with E-state index in [2.05, 4.69) is 4.74 Å². The molecule has 1 N–H and O–H groups in total. The first-order valence-electron chi connectivity index (χ1n) is 7.40. The lowest BCUT2D eigenvalue weighted by atomic mass is 10.1. The maximum absolute atomic E-state index is 11.2. The van der Waals surface area contributed by atoms with Gasteiger partial charge >= 0.3 is 11.9 Å². The fourth-order valence-electron chi connectivity index (χ4n) is 2.01. The van der Waals surface area contributed by atoms with E-state index in [9.17, 15) is 29.8 Å². The van der Waals surface area contributed by atoms with Gasteiger partial charge < -0.3 is 9.84 Å². The second-order valence-corrected chi connectivity index (χ2v) is 5.31. The summed E-state index contributed by atoms with van der Waals surface area (Å²) in [6, 6.07) is 7.83. The summed E-state index contributed by atoms with van der Waals surface area (Å²) in [7, 11) is 1.24. The number of carbonyl (C=O) groups excluding carboxylic acids is 1. The Kier molecular flexibility index (Phi) is 7.10. The first kappa shape index (κ1) is 21.2. The molecule has 0 fully saturated rings. The van der Waals surface area contributed by atoms with Crippen molar-refractivity contribution >= 4 is 23.3 Å². The number of carboxylic acids is 1. The first-order valence-corrected chi connectivity index (χ1v) is 7.40. The van der Waals surface area contributed by atoms with Crippen LogP contribution in [-0.2, 0) is 4.74 Å². The fraction of sp³-hybridized carbons (Fsp3) is 0.176. The zero-order valence-electron chi connectivity index (χ0n) is 14.7. The topological polar surface area (TPSA) is 150 Å². The van der Waals surface area contributed by atoms with Gasteiger partial charge in [-0.25, -0.2) is 9.59 Å². The normalized spacial score (nSPS) is 9.59. The number of carbonyl (C=O) groups is 2. The Balaban J connectivity index is 0.000000271. The second kappa shape index (κ2) is 9.04. The highest BCUT2D eigenvalue weighted by Crippen LogP contribution is 2.18. The van der Waals surface area contributed by atoms with E-state index < -0.39 is 21.8 Å². The van der Waals surface area contributed by atoms with E-state index >= 15 is 0 Å². The lowest BCUT2D eigenvalue weighted by molar-refractivity contribution is -0.385. The molecule has 2 aromatic rings.